The van der Waals surface area contributed by atoms with E-state index in [0.29, 0.717) is 5.88 Å². The van der Waals surface area contributed by atoms with Crippen LogP contribution in [-0.2, 0) is 17.8 Å². The molecule has 2 rings (SSSR count). The van der Waals surface area contributed by atoms with Gasteiger partial charge in [-0.25, -0.2) is 9.67 Å². The predicted molar refractivity (Wildman–Crippen MR) is 61.4 cm³/mol. The van der Waals surface area contributed by atoms with Crippen molar-refractivity contribution in [3.05, 3.63) is 12.2 Å². The lowest BCUT2D eigenvalue weighted by molar-refractivity contribution is -0.0205. The number of aromatic nitrogens is 3. The smallest absolute Gasteiger partial charge is 0.140 e. The molecule has 0 aliphatic carbocycles. The number of halogens is 1. The lowest BCUT2D eigenvalue weighted by Gasteiger charge is -2.31. The van der Waals surface area contributed by atoms with Crippen LogP contribution in [0.15, 0.2) is 6.33 Å². The minimum Gasteiger partial charge on any atom is -0.374 e. The van der Waals surface area contributed by atoms with Crippen LogP contribution >= 0.6 is 11.6 Å². The summed E-state index contributed by atoms with van der Waals surface area (Å²) >= 11 is 5.80. The number of hydrogen-bond acceptors (Lipinski definition) is 4. The third-order valence-electron chi connectivity index (χ3n) is 2.76. The molecule has 0 aromatic carbocycles. The fourth-order valence-corrected chi connectivity index (χ4v) is 2.08. The lowest BCUT2D eigenvalue weighted by Crippen LogP contribution is -2.43. The van der Waals surface area contributed by atoms with Gasteiger partial charge in [0.1, 0.15) is 12.2 Å². The summed E-state index contributed by atoms with van der Waals surface area (Å²) < 4.78 is 7.44. The standard InChI is InChI=1S/C10H17ClN4O/c1-2-15-10(12-8-13-15)7-14-3-4-16-9(5-11)6-14/h8-9H,2-7H2,1H3. The molecule has 0 N–H and O–H groups in total. The molecule has 1 aromatic rings. The van der Waals surface area contributed by atoms with Gasteiger partial charge in [-0.2, -0.15) is 5.10 Å². The van der Waals surface area contributed by atoms with Gasteiger partial charge in [-0.1, -0.05) is 0 Å². The summed E-state index contributed by atoms with van der Waals surface area (Å²) in [6.07, 6.45) is 1.76. The lowest BCUT2D eigenvalue weighted by atomic mass is 10.3. The van der Waals surface area contributed by atoms with E-state index in [1.165, 1.54) is 0 Å². The first kappa shape index (κ1) is 11.8. The highest BCUT2D eigenvalue weighted by Gasteiger charge is 2.20. The van der Waals surface area contributed by atoms with Crippen LogP contribution in [0.5, 0.6) is 0 Å². The van der Waals surface area contributed by atoms with E-state index in [4.69, 9.17) is 16.3 Å². The minimum absolute atomic E-state index is 0.147. The first-order chi connectivity index (χ1) is 7.83. The number of nitrogens with zero attached hydrogens (tertiary/aromatic N) is 4. The van der Waals surface area contributed by atoms with Gasteiger partial charge in [0.05, 0.1) is 19.3 Å². The number of alkyl halides is 1. The molecule has 5 nitrogen and oxygen atoms in total. The van der Waals surface area contributed by atoms with E-state index in [0.717, 1.165) is 38.6 Å². The molecule has 90 valence electrons. The highest BCUT2D eigenvalue weighted by atomic mass is 35.5. The summed E-state index contributed by atoms with van der Waals surface area (Å²) in [4.78, 5) is 6.58. The monoisotopic (exact) mass is 244 g/mol. The number of morpholine rings is 1. The van der Waals surface area contributed by atoms with Gasteiger partial charge in [0.2, 0.25) is 0 Å². The maximum atomic E-state index is 5.80. The van der Waals surface area contributed by atoms with Gasteiger partial charge < -0.3 is 4.74 Å². The molecule has 2 heterocycles. The van der Waals surface area contributed by atoms with E-state index in [1.54, 1.807) is 6.33 Å². The Morgan fingerprint density at radius 3 is 3.25 bits per heavy atom. The van der Waals surface area contributed by atoms with Gasteiger partial charge in [0.15, 0.2) is 0 Å². The Balaban J connectivity index is 1.93. The molecular formula is C10H17ClN4O. The van der Waals surface area contributed by atoms with Gasteiger partial charge in [-0.3, -0.25) is 4.90 Å². The zero-order valence-corrected chi connectivity index (χ0v) is 10.2. The SMILES string of the molecule is CCn1ncnc1CN1CCOC(CCl)C1. The Labute approximate surface area is 100 Å². The van der Waals surface area contributed by atoms with E-state index in [2.05, 4.69) is 21.9 Å². The Hall–Kier alpha value is -0.650. The van der Waals surface area contributed by atoms with Crippen LogP contribution in [0.2, 0.25) is 0 Å². The molecule has 1 aliphatic rings. The van der Waals surface area contributed by atoms with E-state index in [-0.39, 0.29) is 6.10 Å². The normalized spacial score (nSPS) is 22.5. The number of aryl methyl sites for hydroxylation is 1. The second-order valence-corrected chi connectivity index (χ2v) is 4.18. The number of ether oxygens (including phenoxy) is 1. The van der Waals surface area contributed by atoms with Crippen LogP contribution in [0.25, 0.3) is 0 Å². The molecule has 1 fully saturated rings. The molecule has 0 amide bonds. The number of hydrogen-bond donors (Lipinski definition) is 0. The van der Waals surface area contributed by atoms with Crippen molar-refractivity contribution in [3.8, 4) is 0 Å². The summed E-state index contributed by atoms with van der Waals surface area (Å²) in [5, 5.41) is 4.16. The third-order valence-corrected chi connectivity index (χ3v) is 3.10. The zero-order valence-electron chi connectivity index (χ0n) is 9.47. The summed E-state index contributed by atoms with van der Waals surface area (Å²) in [6, 6.07) is 0. The molecule has 1 unspecified atom stereocenters. The summed E-state index contributed by atoms with van der Waals surface area (Å²) in [6.45, 7) is 6.31. The fourth-order valence-electron chi connectivity index (χ4n) is 1.89. The molecule has 1 atom stereocenters. The minimum atomic E-state index is 0.147. The molecule has 1 aromatic heterocycles. The van der Waals surface area contributed by atoms with Gasteiger partial charge in [0.25, 0.3) is 0 Å². The topological polar surface area (TPSA) is 43.2 Å². The van der Waals surface area contributed by atoms with Crippen molar-refractivity contribution in [1.29, 1.82) is 0 Å². The van der Waals surface area contributed by atoms with Gasteiger partial charge in [-0.05, 0) is 6.92 Å². The van der Waals surface area contributed by atoms with Crippen LogP contribution in [0, 0.1) is 0 Å². The van der Waals surface area contributed by atoms with Crippen LogP contribution in [0.3, 0.4) is 0 Å². The van der Waals surface area contributed by atoms with Crippen LogP contribution < -0.4 is 0 Å². The van der Waals surface area contributed by atoms with Gasteiger partial charge in [-0.15, -0.1) is 11.6 Å². The molecule has 1 aliphatic heterocycles. The maximum absolute atomic E-state index is 5.80. The molecule has 0 saturated carbocycles. The van der Waals surface area contributed by atoms with Crippen LogP contribution in [-0.4, -0.2) is 51.3 Å². The van der Waals surface area contributed by atoms with Crippen molar-refractivity contribution in [2.45, 2.75) is 26.1 Å². The van der Waals surface area contributed by atoms with E-state index < -0.39 is 0 Å². The second-order valence-electron chi connectivity index (χ2n) is 3.87. The fraction of sp³-hybridized carbons (Fsp3) is 0.800. The molecular weight excluding hydrogens is 228 g/mol. The van der Waals surface area contributed by atoms with Gasteiger partial charge >= 0.3 is 0 Å². The average molecular weight is 245 g/mol. The van der Waals surface area contributed by atoms with E-state index in [9.17, 15) is 0 Å². The Morgan fingerprint density at radius 1 is 1.62 bits per heavy atom. The zero-order chi connectivity index (χ0) is 11.4. The van der Waals surface area contributed by atoms with Crippen LogP contribution in [0.4, 0.5) is 0 Å². The Kier molecular flexibility index (Phi) is 4.15. The first-order valence-corrected chi connectivity index (χ1v) is 6.13. The van der Waals surface area contributed by atoms with Crippen molar-refractivity contribution >= 4 is 11.6 Å². The summed E-state index contributed by atoms with van der Waals surface area (Å²) in [7, 11) is 0. The highest BCUT2D eigenvalue weighted by molar-refractivity contribution is 6.18. The Bertz CT molecular complexity index is 330. The molecule has 0 bridgehead atoms. The van der Waals surface area contributed by atoms with Gasteiger partial charge in [0, 0.05) is 25.5 Å². The van der Waals surface area contributed by atoms with E-state index >= 15 is 0 Å². The van der Waals surface area contributed by atoms with Crippen molar-refractivity contribution in [2.24, 2.45) is 0 Å². The first-order valence-electron chi connectivity index (χ1n) is 5.60. The predicted octanol–water partition coefficient (Wildman–Crippen LogP) is 0.738. The quantitative estimate of drug-likeness (QED) is 0.733. The summed E-state index contributed by atoms with van der Waals surface area (Å²) in [5.41, 5.74) is 0. The molecule has 6 heteroatoms. The highest BCUT2D eigenvalue weighted by Crippen LogP contribution is 2.09. The van der Waals surface area contributed by atoms with E-state index in [1.807, 2.05) is 4.68 Å². The second kappa shape index (κ2) is 5.61. The maximum Gasteiger partial charge on any atom is 0.140 e. The molecule has 0 spiro atoms. The van der Waals surface area contributed by atoms with Crippen molar-refractivity contribution in [2.75, 3.05) is 25.6 Å². The Morgan fingerprint density at radius 2 is 2.50 bits per heavy atom. The molecule has 0 radical (unpaired) electrons. The van der Waals surface area contributed by atoms with Crippen LogP contribution in [0.1, 0.15) is 12.7 Å². The van der Waals surface area contributed by atoms with Crippen molar-refractivity contribution < 1.29 is 4.74 Å². The largest absolute Gasteiger partial charge is 0.374 e. The molecule has 1 saturated heterocycles. The van der Waals surface area contributed by atoms with Crippen molar-refractivity contribution in [1.82, 2.24) is 19.7 Å². The third kappa shape index (κ3) is 2.72. The molecule has 16 heavy (non-hydrogen) atoms. The average Bonchev–Trinajstić information content (AvgIpc) is 2.76. The summed E-state index contributed by atoms with van der Waals surface area (Å²) in [5.74, 6) is 1.56. The van der Waals surface area contributed by atoms with Crippen molar-refractivity contribution in [3.63, 3.8) is 0 Å². The number of rotatable bonds is 4.